The fourth-order valence-electron chi connectivity index (χ4n) is 6.94. The van der Waals surface area contributed by atoms with E-state index in [1.807, 2.05) is 34.6 Å². The van der Waals surface area contributed by atoms with Gasteiger partial charge in [0.05, 0.1) is 35.4 Å². The number of esters is 1. The van der Waals surface area contributed by atoms with Gasteiger partial charge in [-0.3, -0.25) is 9.59 Å². The molecule has 2 heterocycles. The molecular formula is C32H58O9. The fraction of sp³-hybridized carbons (Fsp3) is 0.938. The minimum absolute atomic E-state index is 0.132. The average molecular weight is 587 g/mol. The lowest BCUT2D eigenvalue weighted by Crippen LogP contribution is -2.57. The molecule has 2 aliphatic heterocycles. The van der Waals surface area contributed by atoms with E-state index in [0.29, 0.717) is 12.8 Å². The third-order valence-electron chi connectivity index (χ3n) is 11.0. The Balaban J connectivity index is 2.59. The van der Waals surface area contributed by atoms with Crippen LogP contribution in [-0.4, -0.2) is 83.7 Å². The summed E-state index contributed by atoms with van der Waals surface area (Å²) < 4.78 is 30.8. The first-order chi connectivity index (χ1) is 18.8. The van der Waals surface area contributed by atoms with Gasteiger partial charge in [-0.2, -0.15) is 0 Å². The second-order valence-electron chi connectivity index (χ2n) is 13.6. The van der Waals surface area contributed by atoms with Crippen molar-refractivity contribution in [3.8, 4) is 0 Å². The number of hydrogen-bond acceptors (Lipinski definition) is 9. The van der Waals surface area contributed by atoms with Crippen LogP contribution in [0.3, 0.4) is 0 Å². The fourth-order valence-corrected chi connectivity index (χ4v) is 6.94. The largest absolute Gasteiger partial charge is 0.459 e. The van der Waals surface area contributed by atoms with E-state index in [2.05, 4.69) is 13.8 Å². The number of aliphatic hydroxyl groups is 2. The minimum Gasteiger partial charge on any atom is -0.459 e. The highest BCUT2D eigenvalue weighted by molar-refractivity contribution is 5.83. The Morgan fingerprint density at radius 2 is 1.41 bits per heavy atom. The summed E-state index contributed by atoms with van der Waals surface area (Å²) >= 11 is 0. The van der Waals surface area contributed by atoms with Crippen molar-refractivity contribution in [2.75, 3.05) is 14.2 Å². The molecule has 2 N–H and O–H groups in total. The Labute approximate surface area is 248 Å². The number of Topliss-reactive ketones (excluding diaryl/α,β-unsaturated/α-hetero) is 1. The molecule has 14 atom stereocenters. The molecule has 0 spiro atoms. The van der Waals surface area contributed by atoms with E-state index in [-0.39, 0.29) is 36.1 Å². The number of hydrogen-bond donors (Lipinski definition) is 2. The molecule has 2 aliphatic rings. The quantitative estimate of drug-likeness (QED) is 0.447. The van der Waals surface area contributed by atoms with Crippen LogP contribution in [0.2, 0.25) is 0 Å². The summed E-state index contributed by atoms with van der Waals surface area (Å²) in [7, 11) is 3.32. The molecule has 2 fully saturated rings. The predicted molar refractivity (Wildman–Crippen MR) is 156 cm³/mol. The van der Waals surface area contributed by atoms with Gasteiger partial charge < -0.3 is 33.9 Å². The monoisotopic (exact) mass is 586 g/mol. The van der Waals surface area contributed by atoms with E-state index in [9.17, 15) is 19.8 Å². The van der Waals surface area contributed by atoms with Gasteiger partial charge in [0, 0.05) is 38.4 Å². The van der Waals surface area contributed by atoms with Gasteiger partial charge in [-0.05, 0) is 59.3 Å². The molecule has 0 saturated carbocycles. The number of cyclic esters (lactones) is 1. The van der Waals surface area contributed by atoms with E-state index in [0.717, 1.165) is 0 Å². The molecule has 240 valence electrons. The van der Waals surface area contributed by atoms with Crippen molar-refractivity contribution in [3.05, 3.63) is 0 Å². The Morgan fingerprint density at radius 3 is 1.93 bits per heavy atom. The third kappa shape index (κ3) is 7.35. The zero-order valence-electron chi connectivity index (χ0n) is 27.7. The van der Waals surface area contributed by atoms with Crippen molar-refractivity contribution >= 4 is 11.8 Å². The zero-order chi connectivity index (χ0) is 31.7. The van der Waals surface area contributed by atoms with Gasteiger partial charge in [0.25, 0.3) is 0 Å². The second kappa shape index (κ2) is 13.7. The number of methoxy groups -OCH3 is 2. The van der Waals surface area contributed by atoms with E-state index in [1.165, 1.54) is 6.92 Å². The topological polar surface area (TPSA) is 121 Å². The van der Waals surface area contributed by atoms with Crippen molar-refractivity contribution in [2.45, 2.75) is 143 Å². The Morgan fingerprint density at radius 1 is 0.878 bits per heavy atom. The van der Waals surface area contributed by atoms with E-state index in [1.54, 1.807) is 35.0 Å². The number of carbonyl (C=O) groups excluding carboxylic acids is 2. The van der Waals surface area contributed by atoms with E-state index >= 15 is 0 Å². The molecule has 9 heteroatoms. The normalized spacial score (nSPS) is 49.3. The van der Waals surface area contributed by atoms with Crippen LogP contribution in [0.1, 0.15) is 95.4 Å². The van der Waals surface area contributed by atoms with Crippen molar-refractivity contribution in [1.29, 1.82) is 0 Å². The maximum Gasteiger partial charge on any atom is 0.311 e. The molecule has 2 saturated heterocycles. The Bertz CT molecular complexity index is 892. The molecule has 0 unspecified atom stereocenters. The highest BCUT2D eigenvalue weighted by atomic mass is 16.7. The van der Waals surface area contributed by atoms with Gasteiger partial charge >= 0.3 is 5.97 Å². The molecule has 0 aliphatic carbocycles. The van der Waals surface area contributed by atoms with Gasteiger partial charge in [0.15, 0.2) is 6.29 Å². The maximum atomic E-state index is 13.7. The van der Waals surface area contributed by atoms with Gasteiger partial charge in [-0.15, -0.1) is 0 Å². The SMILES string of the molecule is CC[C@H]1OC(=O)[C@H](C)[C@@H](O[C@H]2C[C@@](C)(OC)[C@@H](C)[C@H](C)O2)[C@H](C)[C@@H](C)[C@](C)(OC)C[C@@H](C)C(=O)[C@H](C)[C@@H](O)[C@]1(C)O. The number of ether oxygens (including phenoxy) is 5. The average Bonchev–Trinajstić information content (AvgIpc) is 2.93. The molecule has 0 bridgehead atoms. The van der Waals surface area contributed by atoms with Crippen LogP contribution in [0.5, 0.6) is 0 Å². The highest BCUT2D eigenvalue weighted by Gasteiger charge is 2.51. The van der Waals surface area contributed by atoms with Crippen LogP contribution < -0.4 is 0 Å². The van der Waals surface area contributed by atoms with Crippen molar-refractivity contribution in [2.24, 2.45) is 35.5 Å². The summed E-state index contributed by atoms with van der Waals surface area (Å²) in [6, 6.07) is 0. The van der Waals surface area contributed by atoms with Gasteiger partial charge in [-0.25, -0.2) is 0 Å². The van der Waals surface area contributed by atoms with Crippen molar-refractivity contribution in [1.82, 2.24) is 0 Å². The standard InChI is InChI=1S/C32H58O9/c1-14-24-32(11,36)28(34)19(4)26(33)17(2)15-30(9,37-12)21(6)18(3)27(20(5)29(35)40-24)41-25-16-31(10,38-13)22(7)23(8)39-25/h17-25,27-28,34,36H,14-16H2,1-13H3/t17-,18-,19+,20-,21-,22+,23+,24-,25+,27+,28-,30-,31-,32-/m1/s1. The number of aliphatic hydroxyl groups excluding tert-OH is 1. The molecule has 9 nitrogen and oxygen atoms in total. The van der Waals surface area contributed by atoms with Crippen LogP contribution in [0.25, 0.3) is 0 Å². The summed E-state index contributed by atoms with van der Waals surface area (Å²) in [5.74, 6) is -3.03. The van der Waals surface area contributed by atoms with Gasteiger partial charge in [-0.1, -0.05) is 41.5 Å². The Hall–Kier alpha value is -1.10. The molecule has 2 rings (SSSR count). The van der Waals surface area contributed by atoms with Crippen molar-refractivity contribution < 1.29 is 43.5 Å². The first kappa shape index (κ1) is 36.1. The minimum atomic E-state index is -1.85. The first-order valence-corrected chi connectivity index (χ1v) is 15.4. The zero-order valence-corrected chi connectivity index (χ0v) is 27.7. The molecule has 0 aromatic rings. The second-order valence-corrected chi connectivity index (χ2v) is 13.6. The van der Waals surface area contributed by atoms with Crippen LogP contribution in [-0.2, 0) is 33.3 Å². The Kier molecular flexibility index (Phi) is 12.0. The van der Waals surface area contributed by atoms with Crippen LogP contribution in [0.4, 0.5) is 0 Å². The predicted octanol–water partition coefficient (Wildman–Crippen LogP) is 4.54. The van der Waals surface area contributed by atoms with Crippen LogP contribution in [0, 0.1) is 35.5 Å². The van der Waals surface area contributed by atoms with Crippen LogP contribution >= 0.6 is 0 Å². The summed E-state index contributed by atoms with van der Waals surface area (Å²) in [5.41, 5.74) is -3.07. The third-order valence-corrected chi connectivity index (χ3v) is 11.0. The lowest BCUT2D eigenvalue weighted by Gasteiger charge is -2.48. The number of carbonyl (C=O) groups is 2. The van der Waals surface area contributed by atoms with Crippen LogP contribution in [0.15, 0.2) is 0 Å². The molecule has 0 radical (unpaired) electrons. The molecule has 0 amide bonds. The number of rotatable bonds is 5. The number of ketones is 1. The first-order valence-electron chi connectivity index (χ1n) is 15.4. The lowest BCUT2D eigenvalue weighted by molar-refractivity contribution is -0.285. The maximum absolute atomic E-state index is 13.7. The molecule has 0 aromatic carbocycles. The summed E-state index contributed by atoms with van der Waals surface area (Å²) in [4.78, 5) is 27.2. The summed E-state index contributed by atoms with van der Waals surface area (Å²) in [6.45, 7) is 20.6. The van der Waals surface area contributed by atoms with Gasteiger partial charge in [0.1, 0.15) is 17.5 Å². The van der Waals surface area contributed by atoms with E-state index in [4.69, 9.17) is 23.7 Å². The van der Waals surface area contributed by atoms with Crippen molar-refractivity contribution in [3.63, 3.8) is 0 Å². The summed E-state index contributed by atoms with van der Waals surface area (Å²) in [6.07, 6.45) is -2.72. The summed E-state index contributed by atoms with van der Waals surface area (Å²) in [5, 5.41) is 22.6. The highest BCUT2D eigenvalue weighted by Crippen LogP contribution is 2.42. The lowest BCUT2D eigenvalue weighted by atomic mass is 9.70. The van der Waals surface area contributed by atoms with Gasteiger partial charge in [0.2, 0.25) is 0 Å². The molecular weight excluding hydrogens is 528 g/mol. The molecule has 41 heavy (non-hydrogen) atoms. The smallest absolute Gasteiger partial charge is 0.311 e. The van der Waals surface area contributed by atoms with E-state index < -0.39 is 65.1 Å². The molecule has 0 aromatic heterocycles.